The summed E-state index contributed by atoms with van der Waals surface area (Å²) in [5.41, 5.74) is 0. The van der Waals surface area contributed by atoms with E-state index in [1.54, 1.807) is 0 Å². The second kappa shape index (κ2) is 7.97. The standard InChI is InChI=1S/C14H26N6O/c1-4-6-15-12-17-13(16-11(3)5-2)19-14(18-12)20-7-9-21-10-8-20/h11H,4-10H2,1-3H3,(H2,15,16,17,18,19). The number of hydrogen-bond acceptors (Lipinski definition) is 7. The molecule has 0 amide bonds. The van der Waals surface area contributed by atoms with Crippen molar-refractivity contribution >= 4 is 17.8 Å². The predicted molar refractivity (Wildman–Crippen MR) is 85.0 cm³/mol. The highest BCUT2D eigenvalue weighted by molar-refractivity contribution is 5.44. The fourth-order valence-electron chi connectivity index (χ4n) is 1.97. The van der Waals surface area contributed by atoms with Crippen molar-refractivity contribution in [3.05, 3.63) is 0 Å². The molecule has 118 valence electrons. The quantitative estimate of drug-likeness (QED) is 0.793. The molecule has 1 aromatic rings. The maximum atomic E-state index is 5.38. The van der Waals surface area contributed by atoms with Crippen LogP contribution >= 0.6 is 0 Å². The summed E-state index contributed by atoms with van der Waals surface area (Å²) in [6, 6.07) is 0.337. The van der Waals surface area contributed by atoms with E-state index in [1.165, 1.54) is 0 Å². The van der Waals surface area contributed by atoms with Gasteiger partial charge in [-0.2, -0.15) is 15.0 Å². The highest BCUT2D eigenvalue weighted by Gasteiger charge is 2.16. The summed E-state index contributed by atoms with van der Waals surface area (Å²) in [5, 5.41) is 6.57. The molecule has 0 bridgehead atoms. The Morgan fingerprint density at radius 3 is 2.52 bits per heavy atom. The summed E-state index contributed by atoms with van der Waals surface area (Å²) in [7, 11) is 0. The Morgan fingerprint density at radius 2 is 1.86 bits per heavy atom. The van der Waals surface area contributed by atoms with Gasteiger partial charge in [-0.25, -0.2) is 0 Å². The van der Waals surface area contributed by atoms with E-state index in [0.717, 1.165) is 51.6 Å². The van der Waals surface area contributed by atoms with Crippen molar-refractivity contribution in [3.63, 3.8) is 0 Å². The molecule has 1 fully saturated rings. The fraction of sp³-hybridized carbons (Fsp3) is 0.786. The molecule has 2 N–H and O–H groups in total. The number of ether oxygens (including phenoxy) is 1. The Kier molecular flexibility index (Phi) is 5.98. The Labute approximate surface area is 126 Å². The maximum Gasteiger partial charge on any atom is 0.232 e. The van der Waals surface area contributed by atoms with Gasteiger partial charge in [0.1, 0.15) is 0 Å². The molecule has 0 spiro atoms. The first-order valence-corrected chi connectivity index (χ1v) is 7.82. The number of nitrogens with zero attached hydrogens (tertiary/aromatic N) is 4. The van der Waals surface area contributed by atoms with Crippen molar-refractivity contribution < 1.29 is 4.74 Å². The highest BCUT2D eigenvalue weighted by Crippen LogP contribution is 2.16. The van der Waals surface area contributed by atoms with Crippen LogP contribution in [0.15, 0.2) is 0 Å². The van der Waals surface area contributed by atoms with Gasteiger partial charge < -0.3 is 20.3 Å². The second-order valence-electron chi connectivity index (χ2n) is 5.26. The van der Waals surface area contributed by atoms with Crippen LogP contribution in [0, 0.1) is 0 Å². The van der Waals surface area contributed by atoms with E-state index in [2.05, 4.69) is 51.3 Å². The van der Waals surface area contributed by atoms with Crippen LogP contribution in [-0.4, -0.2) is 53.8 Å². The van der Waals surface area contributed by atoms with E-state index < -0.39 is 0 Å². The summed E-state index contributed by atoms with van der Waals surface area (Å²) in [6.07, 6.45) is 2.06. The van der Waals surface area contributed by atoms with Crippen molar-refractivity contribution in [1.29, 1.82) is 0 Å². The Bertz CT molecular complexity index is 435. The molecule has 0 aliphatic carbocycles. The largest absolute Gasteiger partial charge is 0.378 e. The third-order valence-electron chi connectivity index (χ3n) is 3.44. The van der Waals surface area contributed by atoms with Gasteiger partial charge in [-0.3, -0.25) is 0 Å². The lowest BCUT2D eigenvalue weighted by Gasteiger charge is -2.27. The van der Waals surface area contributed by atoms with Crippen molar-refractivity contribution in [1.82, 2.24) is 15.0 Å². The lowest BCUT2D eigenvalue weighted by Crippen LogP contribution is -2.37. The number of morpholine rings is 1. The average Bonchev–Trinajstić information content (AvgIpc) is 2.53. The molecule has 1 aliphatic heterocycles. The summed E-state index contributed by atoms with van der Waals surface area (Å²) in [6.45, 7) is 10.3. The first-order valence-electron chi connectivity index (χ1n) is 7.82. The summed E-state index contributed by atoms with van der Waals surface area (Å²) >= 11 is 0. The van der Waals surface area contributed by atoms with Crippen molar-refractivity contribution in [2.75, 3.05) is 48.4 Å². The predicted octanol–water partition coefficient (Wildman–Crippen LogP) is 1.74. The van der Waals surface area contributed by atoms with Gasteiger partial charge in [0, 0.05) is 25.7 Å². The fourth-order valence-corrected chi connectivity index (χ4v) is 1.97. The molecule has 1 atom stereocenters. The van der Waals surface area contributed by atoms with Gasteiger partial charge in [0.15, 0.2) is 0 Å². The van der Waals surface area contributed by atoms with Gasteiger partial charge in [0.2, 0.25) is 17.8 Å². The molecule has 0 aromatic carbocycles. The Balaban J connectivity index is 2.18. The van der Waals surface area contributed by atoms with Crippen LogP contribution in [0.25, 0.3) is 0 Å². The third-order valence-corrected chi connectivity index (χ3v) is 3.44. The summed E-state index contributed by atoms with van der Waals surface area (Å²) < 4.78 is 5.38. The lowest BCUT2D eigenvalue weighted by atomic mass is 10.3. The third kappa shape index (κ3) is 4.70. The van der Waals surface area contributed by atoms with Crippen LogP contribution in [0.4, 0.5) is 17.8 Å². The molecule has 0 saturated carbocycles. The molecule has 1 saturated heterocycles. The zero-order valence-corrected chi connectivity index (χ0v) is 13.2. The zero-order chi connectivity index (χ0) is 15.1. The average molecular weight is 294 g/mol. The van der Waals surface area contributed by atoms with Gasteiger partial charge >= 0.3 is 0 Å². The minimum Gasteiger partial charge on any atom is -0.378 e. The molecule has 7 heteroatoms. The first kappa shape index (κ1) is 15.8. The second-order valence-corrected chi connectivity index (χ2v) is 5.26. The molecule has 21 heavy (non-hydrogen) atoms. The van der Waals surface area contributed by atoms with Gasteiger partial charge in [0.05, 0.1) is 13.2 Å². The van der Waals surface area contributed by atoms with E-state index in [1.807, 2.05) is 0 Å². The van der Waals surface area contributed by atoms with E-state index >= 15 is 0 Å². The SMILES string of the molecule is CCCNc1nc(NC(C)CC)nc(N2CCOCC2)n1. The van der Waals surface area contributed by atoms with Crippen molar-refractivity contribution in [2.24, 2.45) is 0 Å². The van der Waals surface area contributed by atoms with E-state index in [4.69, 9.17) is 4.74 Å². The Hall–Kier alpha value is -1.63. The summed E-state index contributed by atoms with van der Waals surface area (Å²) in [4.78, 5) is 15.7. The van der Waals surface area contributed by atoms with Crippen LogP contribution in [0.1, 0.15) is 33.6 Å². The first-order chi connectivity index (χ1) is 10.2. The van der Waals surface area contributed by atoms with E-state index in [0.29, 0.717) is 17.9 Å². The number of anilines is 3. The normalized spacial score (nSPS) is 16.6. The molecular formula is C14H26N6O. The van der Waals surface area contributed by atoms with Crippen LogP contribution in [0.2, 0.25) is 0 Å². The monoisotopic (exact) mass is 294 g/mol. The lowest BCUT2D eigenvalue weighted by molar-refractivity contribution is 0.122. The topological polar surface area (TPSA) is 75.2 Å². The zero-order valence-electron chi connectivity index (χ0n) is 13.2. The number of nitrogens with one attached hydrogen (secondary N) is 2. The minimum atomic E-state index is 0.337. The van der Waals surface area contributed by atoms with E-state index in [9.17, 15) is 0 Å². The molecule has 1 unspecified atom stereocenters. The van der Waals surface area contributed by atoms with Gasteiger partial charge in [-0.05, 0) is 19.8 Å². The van der Waals surface area contributed by atoms with Crippen molar-refractivity contribution in [3.8, 4) is 0 Å². The molecular weight excluding hydrogens is 268 g/mol. The van der Waals surface area contributed by atoms with Gasteiger partial charge in [-0.1, -0.05) is 13.8 Å². The van der Waals surface area contributed by atoms with Gasteiger partial charge in [-0.15, -0.1) is 0 Å². The van der Waals surface area contributed by atoms with Crippen LogP contribution in [0.3, 0.4) is 0 Å². The molecule has 2 rings (SSSR count). The summed E-state index contributed by atoms with van der Waals surface area (Å²) in [5.74, 6) is 2.00. The molecule has 1 aromatic heterocycles. The minimum absolute atomic E-state index is 0.337. The van der Waals surface area contributed by atoms with Crippen LogP contribution in [0.5, 0.6) is 0 Å². The number of rotatable bonds is 7. The van der Waals surface area contributed by atoms with Crippen molar-refractivity contribution in [2.45, 2.75) is 39.7 Å². The number of hydrogen-bond donors (Lipinski definition) is 2. The molecule has 2 heterocycles. The smallest absolute Gasteiger partial charge is 0.232 e. The molecule has 0 radical (unpaired) electrons. The Morgan fingerprint density at radius 1 is 1.14 bits per heavy atom. The highest BCUT2D eigenvalue weighted by atomic mass is 16.5. The van der Waals surface area contributed by atoms with E-state index in [-0.39, 0.29) is 0 Å². The maximum absolute atomic E-state index is 5.38. The molecule has 1 aliphatic rings. The number of aromatic nitrogens is 3. The molecule has 7 nitrogen and oxygen atoms in total. The van der Waals surface area contributed by atoms with Crippen LogP contribution < -0.4 is 15.5 Å². The van der Waals surface area contributed by atoms with Crippen LogP contribution in [-0.2, 0) is 4.74 Å². The van der Waals surface area contributed by atoms with Gasteiger partial charge in [0.25, 0.3) is 0 Å².